The highest BCUT2D eigenvalue weighted by Gasteiger charge is 2.19. The molecule has 1 aromatic carbocycles. The van der Waals surface area contributed by atoms with Gasteiger partial charge in [0.15, 0.2) is 0 Å². The second-order valence-electron chi connectivity index (χ2n) is 5.70. The molecule has 1 atom stereocenters. The summed E-state index contributed by atoms with van der Waals surface area (Å²) in [6.07, 6.45) is 2.94. The Bertz CT molecular complexity index is 592. The number of aromatic nitrogens is 3. The summed E-state index contributed by atoms with van der Waals surface area (Å²) < 4.78 is 2.15. The lowest BCUT2D eigenvalue weighted by atomic mass is 9.98. The van der Waals surface area contributed by atoms with Crippen LogP contribution in [0.4, 0.5) is 0 Å². The summed E-state index contributed by atoms with van der Waals surface area (Å²) in [5.74, 6) is 1.08. The summed E-state index contributed by atoms with van der Waals surface area (Å²) >= 11 is 0. The van der Waals surface area contributed by atoms with Gasteiger partial charge in [0.05, 0.1) is 6.54 Å². The molecule has 1 aromatic heterocycles. The highest BCUT2D eigenvalue weighted by Crippen LogP contribution is 2.21. The van der Waals surface area contributed by atoms with Crippen molar-refractivity contribution < 1.29 is 0 Å². The van der Waals surface area contributed by atoms with Crippen molar-refractivity contribution in [1.82, 2.24) is 25.0 Å². The Labute approximate surface area is 126 Å². The van der Waals surface area contributed by atoms with E-state index < -0.39 is 0 Å². The van der Waals surface area contributed by atoms with Gasteiger partial charge in [0.1, 0.15) is 12.2 Å². The minimum absolute atomic E-state index is 0.408. The molecule has 0 fully saturated rings. The zero-order valence-corrected chi connectivity index (χ0v) is 12.8. The molecular formula is C16H23N5. The van der Waals surface area contributed by atoms with Crippen LogP contribution in [0.5, 0.6) is 0 Å². The fraction of sp³-hybridized carbons (Fsp3) is 0.500. The molecule has 1 unspecified atom stereocenters. The number of benzene rings is 1. The van der Waals surface area contributed by atoms with Crippen LogP contribution in [-0.2, 0) is 13.1 Å². The Morgan fingerprint density at radius 1 is 1.29 bits per heavy atom. The van der Waals surface area contributed by atoms with Crippen LogP contribution in [0.3, 0.4) is 0 Å². The predicted octanol–water partition coefficient (Wildman–Crippen LogP) is 1.75. The zero-order valence-electron chi connectivity index (χ0n) is 12.8. The fourth-order valence-electron chi connectivity index (χ4n) is 3.05. The van der Waals surface area contributed by atoms with Crippen LogP contribution < -0.4 is 5.32 Å². The van der Waals surface area contributed by atoms with E-state index in [-0.39, 0.29) is 0 Å². The van der Waals surface area contributed by atoms with E-state index in [0.29, 0.717) is 6.04 Å². The van der Waals surface area contributed by atoms with E-state index in [2.05, 4.69) is 56.2 Å². The molecule has 0 amide bonds. The summed E-state index contributed by atoms with van der Waals surface area (Å²) in [6, 6.07) is 9.04. The summed E-state index contributed by atoms with van der Waals surface area (Å²) in [7, 11) is 2.05. The Morgan fingerprint density at radius 2 is 2.14 bits per heavy atom. The van der Waals surface area contributed by atoms with Crippen molar-refractivity contribution in [3.8, 4) is 0 Å². The van der Waals surface area contributed by atoms with E-state index >= 15 is 0 Å². The first-order valence-corrected chi connectivity index (χ1v) is 7.60. The molecule has 2 heterocycles. The molecule has 0 saturated carbocycles. The smallest absolute Gasteiger partial charge is 0.147 e. The number of fused-ring (bicyclic) bond motifs is 1. The number of nitrogens with zero attached hydrogens (tertiary/aromatic N) is 4. The van der Waals surface area contributed by atoms with Crippen molar-refractivity contribution in [1.29, 1.82) is 0 Å². The third kappa shape index (κ3) is 3.14. The topological polar surface area (TPSA) is 46.0 Å². The molecule has 1 aliphatic heterocycles. The maximum Gasteiger partial charge on any atom is 0.147 e. The molecule has 2 aromatic rings. The second kappa shape index (κ2) is 6.37. The van der Waals surface area contributed by atoms with E-state index in [1.807, 2.05) is 13.4 Å². The largest absolute Gasteiger partial charge is 0.315 e. The SMILES string of the molecule is CNC(CCN1CCn2cnnc2C1)c1ccccc1C. The predicted molar refractivity (Wildman–Crippen MR) is 82.9 cm³/mol. The van der Waals surface area contributed by atoms with Crippen LogP contribution >= 0.6 is 0 Å². The highest BCUT2D eigenvalue weighted by atomic mass is 15.3. The van der Waals surface area contributed by atoms with E-state index in [4.69, 9.17) is 0 Å². The van der Waals surface area contributed by atoms with Crippen LogP contribution in [0.2, 0.25) is 0 Å². The first-order chi connectivity index (χ1) is 10.3. The van der Waals surface area contributed by atoms with Gasteiger partial charge in [-0.2, -0.15) is 0 Å². The van der Waals surface area contributed by atoms with Gasteiger partial charge in [-0.25, -0.2) is 0 Å². The lowest BCUT2D eigenvalue weighted by Crippen LogP contribution is -2.35. The number of hydrogen-bond acceptors (Lipinski definition) is 4. The molecule has 3 rings (SSSR count). The van der Waals surface area contributed by atoms with E-state index in [1.54, 1.807) is 0 Å². The van der Waals surface area contributed by atoms with Crippen LogP contribution in [0.1, 0.15) is 29.4 Å². The van der Waals surface area contributed by atoms with Crippen molar-refractivity contribution in [3.63, 3.8) is 0 Å². The highest BCUT2D eigenvalue weighted by molar-refractivity contribution is 5.28. The van der Waals surface area contributed by atoms with Gasteiger partial charge in [-0.05, 0) is 31.5 Å². The molecule has 1 N–H and O–H groups in total. The molecule has 0 radical (unpaired) electrons. The standard InChI is InChI=1S/C16H23N5/c1-13-5-3-4-6-14(13)15(17-2)7-8-20-9-10-21-12-18-19-16(21)11-20/h3-6,12,15,17H,7-11H2,1-2H3. The van der Waals surface area contributed by atoms with Crippen molar-refractivity contribution in [3.05, 3.63) is 47.5 Å². The van der Waals surface area contributed by atoms with E-state index in [9.17, 15) is 0 Å². The minimum atomic E-state index is 0.408. The van der Waals surface area contributed by atoms with Crippen molar-refractivity contribution in [2.75, 3.05) is 20.1 Å². The summed E-state index contributed by atoms with van der Waals surface area (Å²) in [5, 5.41) is 11.6. The van der Waals surface area contributed by atoms with Gasteiger partial charge in [-0.1, -0.05) is 24.3 Å². The molecule has 1 aliphatic rings. The van der Waals surface area contributed by atoms with Gasteiger partial charge in [-0.15, -0.1) is 10.2 Å². The fourth-order valence-corrected chi connectivity index (χ4v) is 3.05. The van der Waals surface area contributed by atoms with Gasteiger partial charge in [0.25, 0.3) is 0 Å². The second-order valence-corrected chi connectivity index (χ2v) is 5.70. The Hall–Kier alpha value is -1.72. The Morgan fingerprint density at radius 3 is 2.95 bits per heavy atom. The van der Waals surface area contributed by atoms with Crippen LogP contribution in [0.25, 0.3) is 0 Å². The summed E-state index contributed by atoms with van der Waals surface area (Å²) in [5.41, 5.74) is 2.76. The molecular weight excluding hydrogens is 262 g/mol. The molecule has 0 bridgehead atoms. The van der Waals surface area contributed by atoms with Crippen molar-refractivity contribution in [2.45, 2.75) is 32.5 Å². The maximum atomic E-state index is 4.18. The molecule has 5 heteroatoms. The monoisotopic (exact) mass is 285 g/mol. The zero-order chi connectivity index (χ0) is 14.7. The maximum absolute atomic E-state index is 4.18. The molecule has 112 valence electrons. The van der Waals surface area contributed by atoms with Crippen LogP contribution in [-0.4, -0.2) is 39.8 Å². The van der Waals surface area contributed by atoms with E-state index in [0.717, 1.165) is 38.4 Å². The average Bonchev–Trinajstić information content (AvgIpc) is 2.97. The van der Waals surface area contributed by atoms with Crippen molar-refractivity contribution in [2.24, 2.45) is 0 Å². The van der Waals surface area contributed by atoms with Gasteiger partial charge in [-0.3, -0.25) is 4.90 Å². The van der Waals surface area contributed by atoms with Crippen LogP contribution in [0.15, 0.2) is 30.6 Å². The number of hydrogen-bond donors (Lipinski definition) is 1. The van der Waals surface area contributed by atoms with Crippen LogP contribution in [0, 0.1) is 6.92 Å². The summed E-state index contributed by atoms with van der Waals surface area (Å²) in [4.78, 5) is 2.46. The molecule has 0 saturated heterocycles. The van der Waals surface area contributed by atoms with Crippen molar-refractivity contribution >= 4 is 0 Å². The molecule has 5 nitrogen and oxygen atoms in total. The molecule has 21 heavy (non-hydrogen) atoms. The third-order valence-electron chi connectivity index (χ3n) is 4.36. The normalized spacial score (nSPS) is 16.7. The van der Waals surface area contributed by atoms with Gasteiger partial charge >= 0.3 is 0 Å². The van der Waals surface area contributed by atoms with E-state index in [1.165, 1.54) is 11.1 Å². The summed E-state index contributed by atoms with van der Waals surface area (Å²) in [6.45, 7) is 6.24. The first kappa shape index (κ1) is 14.2. The molecule has 0 spiro atoms. The third-order valence-corrected chi connectivity index (χ3v) is 4.36. The Balaban J connectivity index is 1.60. The number of nitrogens with one attached hydrogen (secondary N) is 1. The first-order valence-electron chi connectivity index (χ1n) is 7.60. The average molecular weight is 285 g/mol. The number of aryl methyl sites for hydroxylation is 1. The lowest BCUT2D eigenvalue weighted by Gasteiger charge is -2.29. The van der Waals surface area contributed by atoms with Gasteiger partial charge < -0.3 is 9.88 Å². The molecule has 0 aliphatic carbocycles. The lowest BCUT2D eigenvalue weighted by molar-refractivity contribution is 0.207. The number of rotatable bonds is 5. The van der Waals surface area contributed by atoms with Gasteiger partial charge in [0, 0.05) is 25.7 Å². The van der Waals surface area contributed by atoms with Gasteiger partial charge in [0.2, 0.25) is 0 Å². The quantitative estimate of drug-likeness (QED) is 0.909. The minimum Gasteiger partial charge on any atom is -0.315 e. The Kier molecular flexibility index (Phi) is 4.31.